The van der Waals surface area contributed by atoms with E-state index in [-0.39, 0.29) is 16.6 Å². The van der Waals surface area contributed by atoms with Gasteiger partial charge in [0.05, 0.1) is 0 Å². The number of carbonyl (C=O) groups is 1. The lowest BCUT2D eigenvalue weighted by atomic mass is 10.1. The van der Waals surface area contributed by atoms with E-state index in [1.807, 2.05) is 0 Å². The monoisotopic (exact) mass is 300 g/mol. The highest BCUT2D eigenvalue weighted by atomic mass is 32.2. The fraction of sp³-hybridized carbons (Fsp3) is 0.615. The molecule has 2 atom stereocenters. The third-order valence-corrected chi connectivity index (χ3v) is 5.25. The van der Waals surface area contributed by atoms with E-state index in [0.717, 1.165) is 19.3 Å². The van der Waals surface area contributed by atoms with Gasteiger partial charge in [0, 0.05) is 18.8 Å². The second kappa shape index (κ2) is 5.57. The second-order valence-corrected chi connectivity index (χ2v) is 7.10. The molecule has 1 heterocycles. The summed E-state index contributed by atoms with van der Waals surface area (Å²) in [5.74, 6) is -0.597. The van der Waals surface area contributed by atoms with Gasteiger partial charge in [-0.3, -0.25) is 0 Å². The lowest BCUT2D eigenvalue weighted by Crippen LogP contribution is -2.32. The van der Waals surface area contributed by atoms with Crippen LogP contribution in [0.5, 0.6) is 0 Å². The molecule has 0 spiro atoms. The van der Waals surface area contributed by atoms with Gasteiger partial charge in [-0.1, -0.05) is 6.92 Å². The zero-order valence-electron chi connectivity index (χ0n) is 11.7. The van der Waals surface area contributed by atoms with Crippen molar-refractivity contribution in [1.29, 1.82) is 0 Å². The van der Waals surface area contributed by atoms with Crippen molar-refractivity contribution in [2.45, 2.75) is 50.6 Å². The largest absolute Gasteiger partial charge is 0.477 e. The van der Waals surface area contributed by atoms with Crippen molar-refractivity contribution in [3.63, 3.8) is 0 Å². The Balaban J connectivity index is 2.23. The number of nitrogens with zero attached hydrogens (tertiary/aromatic N) is 1. The van der Waals surface area contributed by atoms with Crippen LogP contribution in [0.4, 0.5) is 0 Å². The van der Waals surface area contributed by atoms with Crippen LogP contribution in [-0.2, 0) is 16.6 Å². The zero-order chi connectivity index (χ0) is 14.9. The zero-order valence-corrected chi connectivity index (χ0v) is 12.5. The quantitative estimate of drug-likeness (QED) is 0.866. The van der Waals surface area contributed by atoms with Gasteiger partial charge in [0.1, 0.15) is 10.6 Å². The number of hydrogen-bond donors (Lipinski definition) is 2. The number of aromatic nitrogens is 1. The molecule has 0 bridgehead atoms. The summed E-state index contributed by atoms with van der Waals surface area (Å²) >= 11 is 0. The van der Waals surface area contributed by atoms with E-state index < -0.39 is 16.0 Å². The van der Waals surface area contributed by atoms with E-state index in [9.17, 15) is 13.2 Å². The highest BCUT2D eigenvalue weighted by Crippen LogP contribution is 2.26. The standard InChI is InChI=1S/C13H20N2O4S/c1-3-15-8-11(7-12(15)13(16)17)20(18,19)14-10-5-4-9(2)6-10/h7-10,14H,3-6H2,1-2H3,(H,16,17). The Morgan fingerprint density at radius 3 is 2.65 bits per heavy atom. The smallest absolute Gasteiger partial charge is 0.352 e. The average molecular weight is 300 g/mol. The Bertz CT molecular complexity index is 606. The maximum absolute atomic E-state index is 12.3. The summed E-state index contributed by atoms with van der Waals surface area (Å²) in [6.07, 6.45) is 4.06. The number of rotatable bonds is 5. The molecule has 6 nitrogen and oxygen atoms in total. The fourth-order valence-electron chi connectivity index (χ4n) is 2.67. The maximum atomic E-state index is 12.3. The number of hydrogen-bond acceptors (Lipinski definition) is 3. The Labute approximate surface area is 118 Å². The minimum atomic E-state index is -3.65. The summed E-state index contributed by atoms with van der Waals surface area (Å²) in [5.41, 5.74) is -0.00679. The molecule has 112 valence electrons. The van der Waals surface area contributed by atoms with E-state index in [2.05, 4.69) is 11.6 Å². The first-order valence-electron chi connectivity index (χ1n) is 6.79. The molecule has 0 amide bonds. The van der Waals surface area contributed by atoms with Gasteiger partial charge in [-0.05, 0) is 38.2 Å². The second-order valence-electron chi connectivity index (χ2n) is 5.39. The van der Waals surface area contributed by atoms with Crippen molar-refractivity contribution in [2.75, 3.05) is 0 Å². The molecule has 0 radical (unpaired) electrons. The Hall–Kier alpha value is -1.34. The predicted octanol–water partition coefficient (Wildman–Crippen LogP) is 1.67. The number of carboxylic acid groups (broad SMARTS) is 1. The Morgan fingerprint density at radius 1 is 1.50 bits per heavy atom. The van der Waals surface area contributed by atoms with Crippen LogP contribution in [0.3, 0.4) is 0 Å². The SMILES string of the molecule is CCn1cc(S(=O)(=O)NC2CCC(C)C2)cc1C(=O)O. The molecule has 20 heavy (non-hydrogen) atoms. The van der Waals surface area contributed by atoms with Crippen LogP contribution in [0.25, 0.3) is 0 Å². The van der Waals surface area contributed by atoms with E-state index in [0.29, 0.717) is 12.5 Å². The van der Waals surface area contributed by atoms with Crippen molar-refractivity contribution < 1.29 is 18.3 Å². The van der Waals surface area contributed by atoms with Crippen molar-refractivity contribution in [1.82, 2.24) is 9.29 Å². The Kier molecular flexibility index (Phi) is 4.19. The molecule has 1 aliphatic carbocycles. The third-order valence-electron chi connectivity index (χ3n) is 3.76. The molecule has 1 aromatic rings. The minimum absolute atomic E-state index is 0.00679. The van der Waals surface area contributed by atoms with Crippen molar-refractivity contribution in [3.8, 4) is 0 Å². The lowest BCUT2D eigenvalue weighted by molar-refractivity contribution is 0.0685. The molecule has 0 saturated heterocycles. The minimum Gasteiger partial charge on any atom is -0.477 e. The summed E-state index contributed by atoms with van der Waals surface area (Å²) in [7, 11) is -3.65. The average Bonchev–Trinajstić information content (AvgIpc) is 2.95. The van der Waals surface area contributed by atoms with Crippen molar-refractivity contribution in [2.24, 2.45) is 5.92 Å². The van der Waals surface area contributed by atoms with Crippen molar-refractivity contribution >= 4 is 16.0 Å². The number of carboxylic acids is 1. The molecule has 1 aromatic heterocycles. The highest BCUT2D eigenvalue weighted by molar-refractivity contribution is 7.89. The van der Waals surface area contributed by atoms with Crippen LogP contribution in [0, 0.1) is 5.92 Å². The van der Waals surface area contributed by atoms with Crippen LogP contribution in [-0.4, -0.2) is 30.1 Å². The molecular formula is C13H20N2O4S. The molecule has 0 aliphatic heterocycles. The van der Waals surface area contributed by atoms with Crippen LogP contribution in [0.1, 0.15) is 43.6 Å². The van der Waals surface area contributed by atoms with Gasteiger partial charge < -0.3 is 9.67 Å². The van der Waals surface area contributed by atoms with Gasteiger partial charge in [-0.15, -0.1) is 0 Å². The molecule has 2 unspecified atom stereocenters. The van der Waals surface area contributed by atoms with Crippen LogP contribution < -0.4 is 4.72 Å². The number of nitrogens with one attached hydrogen (secondary N) is 1. The number of sulfonamides is 1. The van der Waals surface area contributed by atoms with Gasteiger partial charge in [0.2, 0.25) is 10.0 Å². The molecule has 2 rings (SSSR count). The van der Waals surface area contributed by atoms with Gasteiger partial charge >= 0.3 is 5.97 Å². The third kappa shape index (κ3) is 3.04. The summed E-state index contributed by atoms with van der Waals surface area (Å²) < 4.78 is 28.7. The number of aryl methyl sites for hydroxylation is 1. The van der Waals surface area contributed by atoms with Crippen LogP contribution in [0.15, 0.2) is 17.2 Å². The number of aromatic carboxylic acids is 1. The summed E-state index contributed by atoms with van der Waals surface area (Å²) in [6, 6.07) is 1.17. The summed E-state index contributed by atoms with van der Waals surface area (Å²) in [4.78, 5) is 11.1. The lowest BCUT2D eigenvalue weighted by Gasteiger charge is -2.11. The molecule has 1 aliphatic rings. The first-order valence-corrected chi connectivity index (χ1v) is 8.27. The normalized spacial score (nSPS) is 23.1. The van der Waals surface area contributed by atoms with Gasteiger partial charge in [-0.2, -0.15) is 0 Å². The van der Waals surface area contributed by atoms with E-state index in [4.69, 9.17) is 5.11 Å². The van der Waals surface area contributed by atoms with Gasteiger partial charge in [-0.25, -0.2) is 17.9 Å². The topological polar surface area (TPSA) is 88.4 Å². The maximum Gasteiger partial charge on any atom is 0.352 e. The van der Waals surface area contributed by atoms with E-state index >= 15 is 0 Å². The summed E-state index contributed by atoms with van der Waals surface area (Å²) in [5, 5.41) is 9.06. The van der Waals surface area contributed by atoms with Crippen molar-refractivity contribution in [3.05, 3.63) is 18.0 Å². The first kappa shape index (κ1) is 15.1. The molecule has 2 N–H and O–H groups in total. The highest BCUT2D eigenvalue weighted by Gasteiger charge is 2.28. The molecule has 1 saturated carbocycles. The van der Waals surface area contributed by atoms with E-state index in [1.54, 1.807) is 6.92 Å². The molecular weight excluding hydrogens is 280 g/mol. The molecule has 7 heteroatoms. The van der Waals surface area contributed by atoms with Crippen LogP contribution >= 0.6 is 0 Å². The van der Waals surface area contributed by atoms with E-state index in [1.165, 1.54) is 16.8 Å². The van der Waals surface area contributed by atoms with Crippen LogP contribution in [0.2, 0.25) is 0 Å². The fourth-order valence-corrected chi connectivity index (χ4v) is 3.99. The molecule has 1 fully saturated rings. The first-order chi connectivity index (χ1) is 9.33. The van der Waals surface area contributed by atoms with Gasteiger partial charge in [0.25, 0.3) is 0 Å². The van der Waals surface area contributed by atoms with Gasteiger partial charge in [0.15, 0.2) is 0 Å². The predicted molar refractivity (Wildman–Crippen MR) is 74.2 cm³/mol. The molecule has 0 aromatic carbocycles. The summed E-state index contributed by atoms with van der Waals surface area (Å²) in [6.45, 7) is 4.29. The Morgan fingerprint density at radius 2 is 2.20 bits per heavy atom.